The van der Waals surface area contributed by atoms with Gasteiger partial charge >= 0.3 is 0 Å². The Labute approximate surface area is 142 Å². The van der Waals surface area contributed by atoms with Crippen LogP contribution in [0.15, 0.2) is 48.8 Å². The summed E-state index contributed by atoms with van der Waals surface area (Å²) in [6.45, 7) is 3.93. The summed E-state index contributed by atoms with van der Waals surface area (Å²) in [7, 11) is 0. The third-order valence-electron chi connectivity index (χ3n) is 3.66. The van der Waals surface area contributed by atoms with E-state index in [0.29, 0.717) is 30.8 Å². The first-order chi connectivity index (χ1) is 11.6. The van der Waals surface area contributed by atoms with Crippen molar-refractivity contribution < 1.29 is 14.3 Å². The maximum absolute atomic E-state index is 11.9. The zero-order chi connectivity index (χ0) is 17.4. The number of rotatable bonds is 8. The predicted octanol–water partition coefficient (Wildman–Crippen LogP) is 3.32. The van der Waals surface area contributed by atoms with Crippen LogP contribution in [0.2, 0.25) is 0 Å². The van der Waals surface area contributed by atoms with Crippen molar-refractivity contribution >= 4 is 11.7 Å². The summed E-state index contributed by atoms with van der Waals surface area (Å²) in [6.07, 6.45) is 4.46. The maximum Gasteiger partial charge on any atom is 0.220 e. The minimum Gasteiger partial charge on any atom is -0.494 e. The van der Waals surface area contributed by atoms with E-state index in [0.717, 1.165) is 5.56 Å². The third-order valence-corrected chi connectivity index (χ3v) is 3.66. The van der Waals surface area contributed by atoms with Gasteiger partial charge in [0.1, 0.15) is 5.75 Å². The van der Waals surface area contributed by atoms with Crippen molar-refractivity contribution in [1.82, 2.24) is 10.3 Å². The number of benzene rings is 1. The average molecular weight is 326 g/mol. The minimum absolute atomic E-state index is 0.00478. The minimum atomic E-state index is -0.0412. The van der Waals surface area contributed by atoms with Crippen molar-refractivity contribution in [3.63, 3.8) is 0 Å². The molecule has 0 spiro atoms. The molecule has 0 aliphatic rings. The molecule has 1 atom stereocenters. The number of ether oxygens (including phenoxy) is 1. The van der Waals surface area contributed by atoms with Gasteiger partial charge in [-0.15, -0.1) is 0 Å². The summed E-state index contributed by atoms with van der Waals surface area (Å²) in [5, 5.41) is 2.96. The monoisotopic (exact) mass is 326 g/mol. The summed E-state index contributed by atoms with van der Waals surface area (Å²) in [6, 6.07) is 10.7. The quantitative estimate of drug-likeness (QED) is 0.597. The number of carbonyl (C=O) groups excluding carboxylic acids is 2. The molecule has 0 saturated heterocycles. The van der Waals surface area contributed by atoms with Crippen molar-refractivity contribution in [3.05, 3.63) is 59.9 Å². The molecule has 0 saturated carbocycles. The Morgan fingerprint density at radius 3 is 2.42 bits per heavy atom. The van der Waals surface area contributed by atoms with Gasteiger partial charge in [0, 0.05) is 24.4 Å². The van der Waals surface area contributed by atoms with Crippen LogP contribution in [0.4, 0.5) is 0 Å². The first-order valence-corrected chi connectivity index (χ1v) is 7.99. The Morgan fingerprint density at radius 2 is 1.79 bits per heavy atom. The molecule has 2 aromatic rings. The van der Waals surface area contributed by atoms with Crippen LogP contribution in [0.1, 0.15) is 48.7 Å². The summed E-state index contributed by atoms with van der Waals surface area (Å²) in [5.74, 6) is 0.724. The number of Topliss-reactive ketones (excluding diaryl/α,β-unsaturated/α-hetero) is 1. The Balaban J connectivity index is 1.68. The predicted molar refractivity (Wildman–Crippen MR) is 92.0 cm³/mol. The van der Waals surface area contributed by atoms with Gasteiger partial charge < -0.3 is 10.1 Å². The molecular weight excluding hydrogens is 304 g/mol. The topological polar surface area (TPSA) is 68.3 Å². The van der Waals surface area contributed by atoms with Gasteiger partial charge in [-0.1, -0.05) is 0 Å². The molecule has 1 aromatic heterocycles. The lowest BCUT2D eigenvalue weighted by atomic mass is 10.1. The van der Waals surface area contributed by atoms with E-state index in [-0.39, 0.29) is 17.7 Å². The van der Waals surface area contributed by atoms with Crippen molar-refractivity contribution in [2.45, 2.75) is 32.7 Å². The largest absolute Gasteiger partial charge is 0.494 e. The summed E-state index contributed by atoms with van der Waals surface area (Å²) in [5.41, 5.74) is 1.69. The van der Waals surface area contributed by atoms with E-state index in [4.69, 9.17) is 4.74 Å². The number of nitrogens with one attached hydrogen (secondary N) is 1. The Bertz CT molecular complexity index is 669. The van der Waals surface area contributed by atoms with Gasteiger partial charge in [0.25, 0.3) is 0 Å². The Hall–Kier alpha value is -2.69. The van der Waals surface area contributed by atoms with Crippen LogP contribution in [0, 0.1) is 0 Å². The highest BCUT2D eigenvalue weighted by molar-refractivity contribution is 5.94. The molecule has 0 radical (unpaired) electrons. The molecule has 0 aliphatic carbocycles. The molecule has 5 nitrogen and oxygen atoms in total. The number of carbonyl (C=O) groups is 2. The van der Waals surface area contributed by atoms with Crippen LogP contribution in [0.25, 0.3) is 0 Å². The SMILES string of the molecule is CC(=O)c1ccc(OCCCC(=O)N[C@@H](C)c2ccncc2)cc1. The maximum atomic E-state index is 11.9. The van der Waals surface area contributed by atoms with Crippen molar-refractivity contribution in [2.24, 2.45) is 0 Å². The highest BCUT2D eigenvalue weighted by atomic mass is 16.5. The number of aromatic nitrogens is 1. The van der Waals surface area contributed by atoms with Gasteiger partial charge in [0.2, 0.25) is 5.91 Å². The van der Waals surface area contributed by atoms with E-state index >= 15 is 0 Å². The third kappa shape index (κ3) is 5.50. The average Bonchev–Trinajstić information content (AvgIpc) is 2.60. The molecule has 2 rings (SSSR count). The number of pyridine rings is 1. The molecule has 1 aromatic carbocycles. The summed E-state index contributed by atoms with van der Waals surface area (Å²) >= 11 is 0. The second kappa shape index (κ2) is 8.82. The smallest absolute Gasteiger partial charge is 0.220 e. The fourth-order valence-electron chi connectivity index (χ4n) is 2.26. The van der Waals surface area contributed by atoms with Gasteiger partial charge in [-0.05, 0) is 62.2 Å². The van der Waals surface area contributed by atoms with Gasteiger partial charge in [0.15, 0.2) is 5.78 Å². The van der Waals surface area contributed by atoms with E-state index < -0.39 is 0 Å². The van der Waals surface area contributed by atoms with Gasteiger partial charge in [-0.2, -0.15) is 0 Å². The molecule has 0 fully saturated rings. The van der Waals surface area contributed by atoms with E-state index in [1.165, 1.54) is 6.92 Å². The number of hydrogen-bond donors (Lipinski definition) is 1. The lowest BCUT2D eigenvalue weighted by molar-refractivity contribution is -0.121. The van der Waals surface area contributed by atoms with Crippen molar-refractivity contribution in [2.75, 3.05) is 6.61 Å². The fraction of sp³-hybridized carbons (Fsp3) is 0.316. The Morgan fingerprint density at radius 1 is 1.12 bits per heavy atom. The van der Waals surface area contributed by atoms with Crippen LogP contribution in [-0.4, -0.2) is 23.3 Å². The van der Waals surface area contributed by atoms with Crippen LogP contribution < -0.4 is 10.1 Å². The molecule has 126 valence electrons. The zero-order valence-electron chi connectivity index (χ0n) is 14.0. The van der Waals surface area contributed by atoms with Crippen LogP contribution >= 0.6 is 0 Å². The number of nitrogens with zero attached hydrogens (tertiary/aromatic N) is 1. The van der Waals surface area contributed by atoms with E-state index in [1.807, 2.05) is 19.1 Å². The van der Waals surface area contributed by atoms with Crippen LogP contribution in [-0.2, 0) is 4.79 Å². The van der Waals surface area contributed by atoms with Gasteiger partial charge in [0.05, 0.1) is 12.6 Å². The molecule has 1 amide bonds. The second-order valence-corrected chi connectivity index (χ2v) is 5.60. The molecule has 0 bridgehead atoms. The molecule has 0 aliphatic heterocycles. The summed E-state index contributed by atoms with van der Waals surface area (Å²) in [4.78, 5) is 27.1. The Kier molecular flexibility index (Phi) is 6.49. The van der Waals surface area contributed by atoms with Gasteiger partial charge in [-0.3, -0.25) is 14.6 Å². The highest BCUT2D eigenvalue weighted by Gasteiger charge is 2.09. The molecule has 5 heteroatoms. The molecule has 1 heterocycles. The molecule has 24 heavy (non-hydrogen) atoms. The summed E-state index contributed by atoms with van der Waals surface area (Å²) < 4.78 is 5.58. The van der Waals surface area contributed by atoms with Crippen LogP contribution in [0.3, 0.4) is 0 Å². The number of ketones is 1. The first-order valence-electron chi connectivity index (χ1n) is 7.99. The van der Waals surface area contributed by atoms with E-state index in [2.05, 4.69) is 10.3 Å². The second-order valence-electron chi connectivity index (χ2n) is 5.60. The van der Waals surface area contributed by atoms with E-state index in [1.54, 1.807) is 36.7 Å². The standard InChI is InChI=1S/C19H22N2O3/c1-14(16-9-11-20-12-10-16)21-19(23)4-3-13-24-18-7-5-17(6-8-18)15(2)22/h5-12,14H,3-4,13H2,1-2H3,(H,21,23)/t14-/m0/s1. The molecule has 0 unspecified atom stereocenters. The first kappa shape index (κ1) is 17.7. The fourth-order valence-corrected chi connectivity index (χ4v) is 2.26. The number of hydrogen-bond acceptors (Lipinski definition) is 4. The molecule has 1 N–H and O–H groups in total. The molecular formula is C19H22N2O3. The van der Waals surface area contributed by atoms with Crippen molar-refractivity contribution in [1.29, 1.82) is 0 Å². The lowest BCUT2D eigenvalue weighted by Crippen LogP contribution is -2.26. The van der Waals surface area contributed by atoms with Crippen molar-refractivity contribution in [3.8, 4) is 5.75 Å². The van der Waals surface area contributed by atoms with E-state index in [9.17, 15) is 9.59 Å². The number of amides is 1. The zero-order valence-corrected chi connectivity index (χ0v) is 14.0. The highest BCUT2D eigenvalue weighted by Crippen LogP contribution is 2.13. The lowest BCUT2D eigenvalue weighted by Gasteiger charge is -2.14. The normalized spacial score (nSPS) is 11.6. The van der Waals surface area contributed by atoms with Crippen LogP contribution in [0.5, 0.6) is 5.75 Å². The van der Waals surface area contributed by atoms with Gasteiger partial charge in [-0.25, -0.2) is 0 Å².